The van der Waals surface area contributed by atoms with Crippen molar-refractivity contribution in [3.63, 3.8) is 0 Å². The average Bonchev–Trinajstić information content (AvgIpc) is 2.28. The number of ether oxygens (including phenoxy) is 1. The molecule has 0 spiro atoms. The zero-order valence-corrected chi connectivity index (χ0v) is 13.7. The van der Waals surface area contributed by atoms with Crippen LogP contribution < -0.4 is 10.5 Å². The Morgan fingerprint density at radius 2 is 1.94 bits per heavy atom. The van der Waals surface area contributed by atoms with E-state index >= 15 is 0 Å². The second-order valence-electron chi connectivity index (χ2n) is 4.69. The average molecular weight is 337 g/mol. The highest BCUT2D eigenvalue weighted by Gasteiger charge is 2.13. The van der Waals surface area contributed by atoms with Gasteiger partial charge in [-0.1, -0.05) is 29.8 Å². The normalized spacial score (nSPS) is 12.1. The van der Waals surface area contributed by atoms with Gasteiger partial charge in [0.1, 0.15) is 5.75 Å². The first kappa shape index (κ1) is 17.8. The minimum atomic E-state index is 0. The molecule has 1 aromatic rings. The van der Waals surface area contributed by atoms with Crippen LogP contribution >= 0.6 is 28.3 Å². The van der Waals surface area contributed by atoms with Crippen LogP contribution in [-0.2, 0) is 0 Å². The SMILES string of the molecule is CCOc1ccc(Br)cc1[C@H](N)CCC(C)C.Cl. The summed E-state index contributed by atoms with van der Waals surface area (Å²) in [5.41, 5.74) is 7.34. The second kappa shape index (κ2) is 8.78. The van der Waals surface area contributed by atoms with E-state index in [1.54, 1.807) is 0 Å². The van der Waals surface area contributed by atoms with Crippen molar-refractivity contribution in [2.75, 3.05) is 6.61 Å². The van der Waals surface area contributed by atoms with Crippen LogP contribution in [0, 0.1) is 5.92 Å². The molecule has 104 valence electrons. The van der Waals surface area contributed by atoms with E-state index < -0.39 is 0 Å². The van der Waals surface area contributed by atoms with E-state index in [2.05, 4.69) is 35.8 Å². The van der Waals surface area contributed by atoms with Crippen LogP contribution in [0.2, 0.25) is 0 Å². The lowest BCUT2D eigenvalue weighted by atomic mass is 9.98. The summed E-state index contributed by atoms with van der Waals surface area (Å²) in [6, 6.07) is 6.09. The van der Waals surface area contributed by atoms with Crippen molar-refractivity contribution in [2.45, 2.75) is 39.7 Å². The first-order valence-corrected chi connectivity index (χ1v) is 7.01. The number of hydrogen-bond donors (Lipinski definition) is 1. The van der Waals surface area contributed by atoms with Gasteiger partial charge in [-0.05, 0) is 43.9 Å². The molecule has 0 aliphatic heterocycles. The third-order valence-electron chi connectivity index (χ3n) is 2.73. The van der Waals surface area contributed by atoms with Crippen LogP contribution in [0.4, 0.5) is 0 Å². The van der Waals surface area contributed by atoms with E-state index in [1.165, 1.54) is 0 Å². The van der Waals surface area contributed by atoms with E-state index in [0.29, 0.717) is 12.5 Å². The molecule has 0 radical (unpaired) electrons. The van der Waals surface area contributed by atoms with Crippen molar-refractivity contribution in [2.24, 2.45) is 11.7 Å². The van der Waals surface area contributed by atoms with Crippen molar-refractivity contribution in [1.82, 2.24) is 0 Å². The predicted octanol–water partition coefficient (Wildman–Crippen LogP) is 4.71. The molecule has 0 amide bonds. The van der Waals surface area contributed by atoms with Gasteiger partial charge in [-0.15, -0.1) is 12.4 Å². The first-order chi connectivity index (χ1) is 8.04. The van der Waals surface area contributed by atoms with E-state index in [1.807, 2.05) is 19.1 Å². The van der Waals surface area contributed by atoms with Crippen LogP contribution in [0.5, 0.6) is 5.75 Å². The summed E-state index contributed by atoms with van der Waals surface area (Å²) in [4.78, 5) is 0. The smallest absolute Gasteiger partial charge is 0.124 e. The van der Waals surface area contributed by atoms with Gasteiger partial charge in [-0.3, -0.25) is 0 Å². The number of nitrogens with two attached hydrogens (primary N) is 1. The maximum atomic E-state index is 6.24. The Balaban J connectivity index is 0.00000289. The van der Waals surface area contributed by atoms with E-state index in [0.717, 1.165) is 28.6 Å². The van der Waals surface area contributed by atoms with Crippen molar-refractivity contribution in [1.29, 1.82) is 0 Å². The van der Waals surface area contributed by atoms with Crippen molar-refractivity contribution in [3.05, 3.63) is 28.2 Å². The van der Waals surface area contributed by atoms with E-state index in [-0.39, 0.29) is 18.4 Å². The van der Waals surface area contributed by atoms with Crippen molar-refractivity contribution < 1.29 is 4.74 Å². The monoisotopic (exact) mass is 335 g/mol. The maximum absolute atomic E-state index is 6.24. The summed E-state index contributed by atoms with van der Waals surface area (Å²) in [5.74, 6) is 1.59. The molecule has 0 bridgehead atoms. The molecule has 1 rings (SSSR count). The Hall–Kier alpha value is -0.250. The highest BCUT2D eigenvalue weighted by atomic mass is 79.9. The molecule has 0 aromatic heterocycles. The summed E-state index contributed by atoms with van der Waals surface area (Å²) in [7, 11) is 0. The second-order valence-corrected chi connectivity index (χ2v) is 5.61. The fourth-order valence-electron chi connectivity index (χ4n) is 1.76. The molecule has 1 aromatic carbocycles. The molecule has 2 nitrogen and oxygen atoms in total. The molecule has 2 N–H and O–H groups in total. The van der Waals surface area contributed by atoms with E-state index in [4.69, 9.17) is 10.5 Å². The zero-order valence-electron chi connectivity index (χ0n) is 11.3. The number of halogens is 2. The third-order valence-corrected chi connectivity index (χ3v) is 3.22. The molecule has 0 heterocycles. The Bertz CT molecular complexity index is 358. The highest BCUT2D eigenvalue weighted by molar-refractivity contribution is 9.10. The molecule has 0 unspecified atom stereocenters. The fourth-order valence-corrected chi connectivity index (χ4v) is 2.14. The lowest BCUT2D eigenvalue weighted by Crippen LogP contribution is -2.13. The summed E-state index contributed by atoms with van der Waals surface area (Å²) < 4.78 is 6.67. The molecule has 0 saturated heterocycles. The Morgan fingerprint density at radius 3 is 2.50 bits per heavy atom. The lowest BCUT2D eigenvalue weighted by molar-refractivity contribution is 0.332. The summed E-state index contributed by atoms with van der Waals surface area (Å²) >= 11 is 3.48. The number of rotatable bonds is 6. The third kappa shape index (κ3) is 5.59. The molecule has 0 aliphatic rings. The Morgan fingerprint density at radius 1 is 1.28 bits per heavy atom. The molecule has 4 heteroatoms. The van der Waals surface area contributed by atoms with Gasteiger partial charge in [-0.25, -0.2) is 0 Å². The molecular formula is C14H23BrClNO. The van der Waals surface area contributed by atoms with Crippen LogP contribution in [0.15, 0.2) is 22.7 Å². The van der Waals surface area contributed by atoms with Gasteiger partial charge in [0.15, 0.2) is 0 Å². The van der Waals surface area contributed by atoms with E-state index in [9.17, 15) is 0 Å². The van der Waals surface area contributed by atoms with Crippen molar-refractivity contribution in [3.8, 4) is 5.75 Å². The standard InChI is InChI=1S/C14H22BrNO.ClH/c1-4-17-14-8-6-11(15)9-12(14)13(16)7-5-10(2)3;/h6,8-10,13H,4-5,7,16H2,1-3H3;1H/t13-;/m1./s1. The Kier molecular flexibility index (Phi) is 8.66. The minimum absolute atomic E-state index is 0. The van der Waals surface area contributed by atoms with Gasteiger partial charge in [0.25, 0.3) is 0 Å². The molecule has 1 atom stereocenters. The number of benzene rings is 1. The maximum Gasteiger partial charge on any atom is 0.124 e. The van der Waals surface area contributed by atoms with Crippen LogP contribution in [0.3, 0.4) is 0 Å². The van der Waals surface area contributed by atoms with Gasteiger partial charge in [0.05, 0.1) is 6.61 Å². The molecule has 0 fully saturated rings. The summed E-state index contributed by atoms with van der Waals surface area (Å²) in [6.07, 6.45) is 2.13. The zero-order chi connectivity index (χ0) is 12.8. The van der Waals surface area contributed by atoms with Gasteiger partial charge < -0.3 is 10.5 Å². The molecule has 0 aliphatic carbocycles. The van der Waals surface area contributed by atoms with Gasteiger partial charge >= 0.3 is 0 Å². The summed E-state index contributed by atoms with van der Waals surface area (Å²) in [5, 5.41) is 0. The molecular weight excluding hydrogens is 314 g/mol. The van der Waals surface area contributed by atoms with Crippen LogP contribution in [0.25, 0.3) is 0 Å². The predicted molar refractivity (Wildman–Crippen MR) is 83.6 cm³/mol. The van der Waals surface area contributed by atoms with Gasteiger partial charge in [-0.2, -0.15) is 0 Å². The quantitative estimate of drug-likeness (QED) is 0.816. The minimum Gasteiger partial charge on any atom is -0.494 e. The van der Waals surface area contributed by atoms with Crippen LogP contribution in [-0.4, -0.2) is 6.61 Å². The topological polar surface area (TPSA) is 35.2 Å². The van der Waals surface area contributed by atoms with Crippen molar-refractivity contribution >= 4 is 28.3 Å². The largest absolute Gasteiger partial charge is 0.494 e. The fraction of sp³-hybridized carbons (Fsp3) is 0.571. The molecule has 0 saturated carbocycles. The molecule has 18 heavy (non-hydrogen) atoms. The first-order valence-electron chi connectivity index (χ1n) is 6.22. The Labute approximate surface area is 125 Å². The number of hydrogen-bond acceptors (Lipinski definition) is 2. The van der Waals surface area contributed by atoms with Gasteiger partial charge in [0, 0.05) is 16.1 Å². The summed E-state index contributed by atoms with van der Waals surface area (Å²) in [6.45, 7) is 7.10. The highest BCUT2D eigenvalue weighted by Crippen LogP contribution is 2.30. The lowest BCUT2D eigenvalue weighted by Gasteiger charge is -2.17. The van der Waals surface area contributed by atoms with Gasteiger partial charge in [0.2, 0.25) is 0 Å². The van der Waals surface area contributed by atoms with Crippen LogP contribution in [0.1, 0.15) is 45.2 Å².